The molecule has 0 aliphatic heterocycles. The molecule has 2 aromatic carbocycles. The molecule has 0 unspecified atom stereocenters. The molecule has 1 aromatic heterocycles. The van der Waals surface area contributed by atoms with Crippen LogP contribution in [0.25, 0.3) is 0 Å². The first kappa shape index (κ1) is 18.7. The van der Waals surface area contributed by atoms with Crippen LogP contribution in [0.3, 0.4) is 0 Å². The summed E-state index contributed by atoms with van der Waals surface area (Å²) in [4.78, 5) is 16.7. The van der Waals surface area contributed by atoms with Crippen LogP contribution in [0.5, 0.6) is 0 Å². The van der Waals surface area contributed by atoms with E-state index in [0.29, 0.717) is 16.5 Å². The number of halogens is 4. The first-order chi connectivity index (χ1) is 12.8. The smallest absolute Gasteiger partial charge is 0.340 e. The van der Waals surface area contributed by atoms with E-state index in [0.717, 1.165) is 12.1 Å². The predicted molar refractivity (Wildman–Crippen MR) is 98.4 cm³/mol. The highest BCUT2D eigenvalue weighted by atomic mass is 35.5. The third-order valence-electron chi connectivity index (χ3n) is 3.61. The molecule has 27 heavy (non-hydrogen) atoms. The summed E-state index contributed by atoms with van der Waals surface area (Å²) >= 11 is 5.95. The highest BCUT2D eigenvalue weighted by molar-refractivity contribution is 6.30. The van der Waals surface area contributed by atoms with E-state index in [4.69, 9.17) is 11.6 Å². The van der Waals surface area contributed by atoms with Crippen molar-refractivity contribution in [3.8, 4) is 0 Å². The van der Waals surface area contributed by atoms with Crippen molar-refractivity contribution in [3.05, 3.63) is 83.0 Å². The summed E-state index contributed by atoms with van der Waals surface area (Å²) in [6, 6.07) is 14.2. The van der Waals surface area contributed by atoms with Gasteiger partial charge in [0.15, 0.2) is 0 Å². The summed E-state index contributed by atoms with van der Waals surface area (Å²) in [5, 5.41) is 6.09. The van der Waals surface area contributed by atoms with E-state index in [1.807, 2.05) is 0 Å². The Kier molecular flexibility index (Phi) is 5.32. The zero-order valence-corrected chi connectivity index (χ0v) is 14.5. The Morgan fingerprint density at radius 3 is 2.37 bits per heavy atom. The Morgan fingerprint density at radius 1 is 0.963 bits per heavy atom. The number of hydrogen-bond donors (Lipinski definition) is 2. The van der Waals surface area contributed by atoms with E-state index in [2.05, 4.69) is 15.6 Å². The molecule has 0 aliphatic rings. The van der Waals surface area contributed by atoms with E-state index in [1.54, 1.807) is 36.4 Å². The SMILES string of the molecule is O=C(Nc1ccc(C(F)(F)F)cc1)c1cccnc1Nc1cccc(Cl)c1. The molecule has 0 bridgehead atoms. The van der Waals surface area contributed by atoms with Gasteiger partial charge in [-0.05, 0) is 54.6 Å². The Balaban J connectivity index is 1.79. The predicted octanol–water partition coefficient (Wildman–Crippen LogP) is 5.75. The van der Waals surface area contributed by atoms with Gasteiger partial charge in [0.25, 0.3) is 5.91 Å². The molecule has 138 valence electrons. The molecule has 0 fully saturated rings. The van der Waals surface area contributed by atoms with Gasteiger partial charge in [-0.3, -0.25) is 4.79 Å². The summed E-state index contributed by atoms with van der Waals surface area (Å²) in [6.07, 6.45) is -2.91. The Bertz CT molecular complexity index is 959. The second-order valence-electron chi connectivity index (χ2n) is 5.56. The number of nitrogens with zero attached hydrogens (tertiary/aromatic N) is 1. The average molecular weight is 392 g/mol. The minimum atomic E-state index is -4.43. The lowest BCUT2D eigenvalue weighted by atomic mass is 10.2. The summed E-state index contributed by atoms with van der Waals surface area (Å²) in [5.74, 6) is -0.212. The lowest BCUT2D eigenvalue weighted by Crippen LogP contribution is -2.15. The highest BCUT2D eigenvalue weighted by Gasteiger charge is 2.30. The van der Waals surface area contributed by atoms with Crippen LogP contribution < -0.4 is 10.6 Å². The Hall–Kier alpha value is -3.06. The van der Waals surface area contributed by atoms with E-state index in [1.165, 1.54) is 18.3 Å². The van der Waals surface area contributed by atoms with E-state index in [9.17, 15) is 18.0 Å². The normalized spacial score (nSPS) is 11.1. The van der Waals surface area contributed by atoms with Crippen molar-refractivity contribution >= 4 is 34.7 Å². The lowest BCUT2D eigenvalue weighted by Gasteiger charge is -2.12. The lowest BCUT2D eigenvalue weighted by molar-refractivity contribution is -0.137. The van der Waals surface area contributed by atoms with Crippen molar-refractivity contribution in [2.24, 2.45) is 0 Å². The van der Waals surface area contributed by atoms with Crippen molar-refractivity contribution in [1.82, 2.24) is 4.98 Å². The van der Waals surface area contributed by atoms with E-state index < -0.39 is 17.6 Å². The molecule has 0 aliphatic carbocycles. The van der Waals surface area contributed by atoms with Crippen molar-refractivity contribution in [1.29, 1.82) is 0 Å². The standard InChI is InChI=1S/C19H13ClF3N3O/c20-13-3-1-4-15(11-13)25-17-16(5-2-10-24-17)18(27)26-14-8-6-12(7-9-14)19(21,22)23/h1-11H,(H,24,25)(H,26,27). The number of carbonyl (C=O) groups is 1. The molecule has 0 spiro atoms. The number of benzene rings is 2. The minimum absolute atomic E-state index is 0.234. The van der Waals surface area contributed by atoms with Gasteiger partial charge in [0.1, 0.15) is 5.82 Å². The van der Waals surface area contributed by atoms with Gasteiger partial charge in [-0.2, -0.15) is 13.2 Å². The van der Waals surface area contributed by atoms with E-state index >= 15 is 0 Å². The van der Waals surface area contributed by atoms with E-state index in [-0.39, 0.29) is 11.3 Å². The third kappa shape index (κ3) is 4.77. The number of pyridine rings is 1. The monoisotopic (exact) mass is 391 g/mol. The molecule has 0 saturated heterocycles. The molecule has 4 nitrogen and oxygen atoms in total. The summed E-state index contributed by atoms with van der Waals surface area (Å²) in [5.41, 5.74) is 0.331. The number of nitrogens with one attached hydrogen (secondary N) is 2. The van der Waals surface area contributed by atoms with Crippen LogP contribution in [0.2, 0.25) is 5.02 Å². The Morgan fingerprint density at radius 2 is 1.70 bits per heavy atom. The van der Waals surface area contributed by atoms with Crippen molar-refractivity contribution in [2.45, 2.75) is 6.18 Å². The zero-order chi connectivity index (χ0) is 19.4. The van der Waals surface area contributed by atoms with Gasteiger partial charge in [0, 0.05) is 22.6 Å². The highest BCUT2D eigenvalue weighted by Crippen LogP contribution is 2.30. The van der Waals surface area contributed by atoms with Crippen LogP contribution in [0, 0.1) is 0 Å². The fourth-order valence-corrected chi connectivity index (χ4v) is 2.52. The molecule has 0 atom stereocenters. The van der Waals surface area contributed by atoms with Crippen molar-refractivity contribution < 1.29 is 18.0 Å². The number of rotatable bonds is 4. The molecule has 2 N–H and O–H groups in total. The topological polar surface area (TPSA) is 54.0 Å². The number of aromatic nitrogens is 1. The first-order valence-corrected chi connectivity index (χ1v) is 8.17. The van der Waals surface area contributed by atoms with Gasteiger partial charge in [-0.1, -0.05) is 17.7 Å². The van der Waals surface area contributed by atoms with Crippen LogP contribution in [0.15, 0.2) is 66.9 Å². The average Bonchev–Trinajstić information content (AvgIpc) is 2.62. The molecule has 8 heteroatoms. The minimum Gasteiger partial charge on any atom is -0.340 e. The first-order valence-electron chi connectivity index (χ1n) is 7.79. The fourth-order valence-electron chi connectivity index (χ4n) is 2.33. The van der Waals surface area contributed by atoms with Crippen molar-refractivity contribution in [3.63, 3.8) is 0 Å². The summed E-state index contributed by atoms with van der Waals surface area (Å²) < 4.78 is 37.9. The summed E-state index contributed by atoms with van der Waals surface area (Å²) in [6.45, 7) is 0. The summed E-state index contributed by atoms with van der Waals surface area (Å²) in [7, 11) is 0. The van der Waals surface area contributed by atoms with Crippen LogP contribution in [0.1, 0.15) is 15.9 Å². The third-order valence-corrected chi connectivity index (χ3v) is 3.84. The fraction of sp³-hybridized carbons (Fsp3) is 0.0526. The quantitative estimate of drug-likeness (QED) is 0.595. The molecular formula is C19H13ClF3N3O. The maximum Gasteiger partial charge on any atom is 0.416 e. The molecule has 1 amide bonds. The van der Waals surface area contributed by atoms with Gasteiger partial charge >= 0.3 is 6.18 Å². The van der Waals surface area contributed by atoms with Crippen LogP contribution in [0.4, 0.5) is 30.4 Å². The number of carbonyl (C=O) groups excluding carboxylic acids is 1. The second kappa shape index (κ2) is 7.67. The zero-order valence-electron chi connectivity index (χ0n) is 13.7. The molecule has 0 saturated carbocycles. The number of alkyl halides is 3. The van der Waals surface area contributed by atoms with Crippen LogP contribution in [-0.2, 0) is 6.18 Å². The van der Waals surface area contributed by atoms with Crippen LogP contribution in [-0.4, -0.2) is 10.9 Å². The maximum atomic E-state index is 12.6. The number of anilines is 3. The second-order valence-corrected chi connectivity index (χ2v) is 6.00. The molecule has 1 heterocycles. The van der Waals surface area contributed by atoms with Crippen LogP contribution >= 0.6 is 11.6 Å². The number of amides is 1. The van der Waals surface area contributed by atoms with Gasteiger partial charge in [-0.15, -0.1) is 0 Å². The van der Waals surface area contributed by atoms with Crippen molar-refractivity contribution in [2.75, 3.05) is 10.6 Å². The Labute approximate surface area is 158 Å². The van der Waals surface area contributed by atoms with Gasteiger partial charge in [-0.25, -0.2) is 4.98 Å². The number of hydrogen-bond acceptors (Lipinski definition) is 3. The van der Waals surface area contributed by atoms with Gasteiger partial charge < -0.3 is 10.6 Å². The molecule has 3 rings (SSSR count). The molecule has 0 radical (unpaired) electrons. The molecular weight excluding hydrogens is 379 g/mol. The van der Waals surface area contributed by atoms with Gasteiger partial charge in [0.05, 0.1) is 11.1 Å². The largest absolute Gasteiger partial charge is 0.416 e. The van der Waals surface area contributed by atoms with Gasteiger partial charge in [0.2, 0.25) is 0 Å². The maximum absolute atomic E-state index is 12.6. The molecule has 3 aromatic rings.